The molecule has 2 aliphatic rings. The summed E-state index contributed by atoms with van der Waals surface area (Å²) in [7, 11) is 0. The molecule has 0 atom stereocenters. The number of hydrogen-bond acceptors (Lipinski definition) is 8. The molecule has 13 aromatic rings. The number of aromatic nitrogens is 6. The van der Waals surface area contributed by atoms with Gasteiger partial charge in [-0.2, -0.15) is 27.1 Å². The van der Waals surface area contributed by atoms with Gasteiger partial charge in [0.05, 0.1) is 27.8 Å². The average Bonchev–Trinajstić information content (AvgIpc) is 3.75. The van der Waals surface area contributed by atoms with E-state index in [0.717, 1.165) is 122 Å². The fraction of sp³-hybridized carbons (Fsp3) is 0.113. The van der Waals surface area contributed by atoms with E-state index in [1.165, 1.54) is 5.56 Å². The topological polar surface area (TPSA) is 80.4 Å². The molecule has 82 heavy (non-hydrogen) atoms. The summed E-state index contributed by atoms with van der Waals surface area (Å²) in [6.07, 6.45) is 1.91. The first-order chi connectivity index (χ1) is 39.5. The number of rotatable bonds is 7. The molecular formula is C71H54N9OPt-3. The first-order valence-electron chi connectivity index (χ1n) is 27.5. The van der Waals surface area contributed by atoms with Crippen molar-refractivity contribution < 1.29 is 25.8 Å². The molecule has 0 aliphatic carbocycles. The normalized spacial score (nSPS) is 12.8. The minimum atomic E-state index is -0.0936. The van der Waals surface area contributed by atoms with Crippen LogP contribution < -0.4 is 19.4 Å². The number of benzene rings is 9. The molecule has 6 heterocycles. The van der Waals surface area contributed by atoms with Crippen molar-refractivity contribution in [3.05, 3.63) is 241 Å². The zero-order valence-corrected chi connectivity index (χ0v) is 48.6. The Morgan fingerprint density at radius 1 is 0.439 bits per heavy atom. The Hall–Kier alpha value is -9.37. The maximum Gasteiger partial charge on any atom is 0.241 e. The van der Waals surface area contributed by atoms with Crippen LogP contribution in [0.2, 0.25) is 0 Å². The number of anilines is 7. The molecule has 15 rings (SSSR count). The molecule has 11 heteroatoms. The molecule has 0 unspecified atom stereocenters. The number of para-hydroxylation sites is 7. The first-order valence-corrected chi connectivity index (χ1v) is 27.5. The summed E-state index contributed by atoms with van der Waals surface area (Å²) in [5.41, 5.74) is 18.6. The van der Waals surface area contributed by atoms with Gasteiger partial charge in [-0.25, -0.2) is 4.98 Å². The third kappa shape index (κ3) is 8.02. The van der Waals surface area contributed by atoms with Crippen LogP contribution in [-0.4, -0.2) is 29.1 Å². The second-order valence-corrected chi connectivity index (χ2v) is 22.3. The third-order valence-electron chi connectivity index (χ3n) is 16.1. The fourth-order valence-corrected chi connectivity index (χ4v) is 12.3. The van der Waals surface area contributed by atoms with Crippen LogP contribution in [-0.2, 0) is 26.5 Å². The minimum Gasteiger partial charge on any atom is -0.509 e. The number of hydrogen-bond donors (Lipinski definition) is 0. The quantitative estimate of drug-likeness (QED) is 0.146. The standard InChI is InChI=1S/C71H54N9O.Pt/c1-43-19-14-28-55-56-29-15-20-44(2)65(56)79(64(43)55)69-73-68(74-70(75-69)80-66-45(3)21-16-30-57(66)58-31-17-22-46(4)67(58)80)77-42-76(60-33-12-13-34-61(60)77)48-23-18-24-49(40-48)81-50-35-36-54-52-26-9-8-25-51(52)53-27-10-11-32-59(53)78(62(54)41-50)63-39-47(37-38-72-63)71(5,6)7;/h8-39,42H,1-7H3;/q-3;. The second kappa shape index (κ2) is 19.4. The van der Waals surface area contributed by atoms with Gasteiger partial charge in [-0.3, -0.25) is 9.13 Å². The van der Waals surface area contributed by atoms with Crippen molar-refractivity contribution in [3.8, 4) is 45.6 Å². The molecule has 0 fully saturated rings. The molecule has 0 saturated heterocycles. The van der Waals surface area contributed by atoms with Crippen LogP contribution in [0.25, 0.3) is 77.8 Å². The van der Waals surface area contributed by atoms with E-state index in [4.69, 9.17) is 24.7 Å². The molecule has 0 spiro atoms. The Labute approximate surface area is 490 Å². The van der Waals surface area contributed by atoms with Crippen molar-refractivity contribution in [2.24, 2.45) is 0 Å². The van der Waals surface area contributed by atoms with E-state index >= 15 is 0 Å². The number of aryl methyl sites for hydroxylation is 4. The van der Waals surface area contributed by atoms with Gasteiger partial charge in [-0.1, -0.05) is 159 Å². The number of nitrogens with zero attached hydrogens (tertiary/aromatic N) is 9. The number of pyridine rings is 1. The van der Waals surface area contributed by atoms with Crippen molar-refractivity contribution in [1.82, 2.24) is 29.1 Å². The van der Waals surface area contributed by atoms with Crippen LogP contribution >= 0.6 is 0 Å². The van der Waals surface area contributed by atoms with E-state index in [9.17, 15) is 0 Å². The second-order valence-electron chi connectivity index (χ2n) is 22.3. The van der Waals surface area contributed by atoms with Crippen molar-refractivity contribution >= 4 is 83.8 Å². The summed E-state index contributed by atoms with van der Waals surface area (Å²) in [5, 5.41) is 4.56. The monoisotopic (exact) mass is 1240 g/mol. The summed E-state index contributed by atoms with van der Waals surface area (Å²) < 4.78 is 11.3. The molecule has 10 nitrogen and oxygen atoms in total. The molecule has 0 amide bonds. The molecule has 0 bridgehead atoms. The van der Waals surface area contributed by atoms with Crippen LogP contribution in [0.15, 0.2) is 194 Å². The van der Waals surface area contributed by atoms with Gasteiger partial charge in [0.2, 0.25) is 17.8 Å². The Morgan fingerprint density at radius 2 is 0.915 bits per heavy atom. The Morgan fingerprint density at radius 3 is 1.48 bits per heavy atom. The van der Waals surface area contributed by atoms with Gasteiger partial charge in [0.25, 0.3) is 0 Å². The number of ether oxygens (including phenoxy) is 1. The smallest absolute Gasteiger partial charge is 0.241 e. The van der Waals surface area contributed by atoms with E-state index in [1.54, 1.807) is 0 Å². The Kier molecular flexibility index (Phi) is 12.0. The van der Waals surface area contributed by atoms with Crippen molar-refractivity contribution in [3.63, 3.8) is 0 Å². The molecule has 0 saturated carbocycles. The van der Waals surface area contributed by atoms with Crippen LogP contribution in [0.3, 0.4) is 0 Å². The molecule has 4 aromatic heterocycles. The summed E-state index contributed by atoms with van der Waals surface area (Å²) in [4.78, 5) is 28.0. The predicted octanol–water partition coefficient (Wildman–Crippen LogP) is 17.9. The molecule has 2 aliphatic heterocycles. The van der Waals surface area contributed by atoms with Gasteiger partial charge in [-0.15, -0.1) is 48.3 Å². The molecule has 0 N–H and O–H groups in total. The van der Waals surface area contributed by atoms with Gasteiger partial charge in [0.1, 0.15) is 5.82 Å². The SMILES string of the molecule is Cc1cccc2c3cccc(C)c3n(-c3nc(N4[CH-]N(c5[c-]c(Oc6[c-]c7c(cc6)-c6ccccc6-c6ccccc6N7c6cc(C(C)(C)C)ccn6)ccc5)c5ccccc54)nc(-n4c5c(C)cccc5c5cccc(C)c54)n3)c12.[Pt]. The zero-order chi connectivity index (χ0) is 54.8. The van der Waals surface area contributed by atoms with Gasteiger partial charge < -0.3 is 19.4 Å². The van der Waals surface area contributed by atoms with Crippen LogP contribution in [0, 0.1) is 46.5 Å². The minimum absolute atomic E-state index is 0. The van der Waals surface area contributed by atoms with E-state index < -0.39 is 0 Å². The molecular weight excluding hydrogens is 1190 g/mol. The van der Waals surface area contributed by atoms with Crippen molar-refractivity contribution in [2.45, 2.75) is 53.9 Å². The Balaban J connectivity index is 0.00000602. The van der Waals surface area contributed by atoms with E-state index in [1.807, 2.05) is 37.1 Å². The maximum atomic E-state index is 6.87. The number of fused-ring (bicyclic) bond motifs is 12. The van der Waals surface area contributed by atoms with Gasteiger partial charge >= 0.3 is 0 Å². The van der Waals surface area contributed by atoms with Crippen LogP contribution in [0.4, 0.5) is 40.2 Å². The third-order valence-corrected chi connectivity index (χ3v) is 16.1. The van der Waals surface area contributed by atoms with Gasteiger partial charge in [0, 0.05) is 77.2 Å². The summed E-state index contributed by atoms with van der Waals surface area (Å²) in [6.45, 7) is 17.4. The Bertz CT molecular complexity index is 4480. The molecule has 402 valence electrons. The largest absolute Gasteiger partial charge is 0.509 e. The van der Waals surface area contributed by atoms with Crippen molar-refractivity contribution in [2.75, 3.05) is 14.7 Å². The van der Waals surface area contributed by atoms with E-state index in [-0.39, 0.29) is 26.5 Å². The van der Waals surface area contributed by atoms with Crippen LogP contribution in [0.1, 0.15) is 48.6 Å². The van der Waals surface area contributed by atoms with Gasteiger partial charge in [0.15, 0.2) is 0 Å². The summed E-state index contributed by atoms with van der Waals surface area (Å²) >= 11 is 0. The summed E-state index contributed by atoms with van der Waals surface area (Å²) in [5.74, 6) is 3.36. The zero-order valence-electron chi connectivity index (χ0n) is 46.3. The first kappa shape index (κ1) is 50.8. The van der Waals surface area contributed by atoms with Crippen LogP contribution in [0.5, 0.6) is 11.5 Å². The summed E-state index contributed by atoms with van der Waals surface area (Å²) in [6, 6.07) is 73.2. The van der Waals surface area contributed by atoms with E-state index in [2.05, 4.69) is 248 Å². The molecule has 0 radical (unpaired) electrons. The maximum absolute atomic E-state index is 6.87. The molecule has 9 aromatic carbocycles. The predicted molar refractivity (Wildman–Crippen MR) is 329 cm³/mol. The van der Waals surface area contributed by atoms with Crippen molar-refractivity contribution in [1.29, 1.82) is 0 Å². The van der Waals surface area contributed by atoms with E-state index in [0.29, 0.717) is 29.3 Å². The fourth-order valence-electron chi connectivity index (χ4n) is 12.3. The average molecular weight is 1240 g/mol. The van der Waals surface area contributed by atoms with Gasteiger partial charge in [-0.05, 0) is 96.8 Å².